The van der Waals surface area contributed by atoms with Gasteiger partial charge in [-0.1, -0.05) is 18.3 Å². The second-order valence-corrected chi connectivity index (χ2v) is 5.87. The van der Waals surface area contributed by atoms with E-state index in [0.29, 0.717) is 22.4 Å². The Balaban J connectivity index is 2.02. The van der Waals surface area contributed by atoms with Gasteiger partial charge < -0.3 is 20.7 Å². The third-order valence-corrected chi connectivity index (χ3v) is 4.36. The van der Waals surface area contributed by atoms with Crippen LogP contribution < -0.4 is 11.1 Å². The summed E-state index contributed by atoms with van der Waals surface area (Å²) in [6.07, 6.45) is 3.13. The number of thiazole rings is 1. The first kappa shape index (κ1) is 15.1. The Morgan fingerprint density at radius 1 is 1.65 bits per heavy atom. The Labute approximate surface area is 123 Å². The topological polar surface area (TPSA) is 80.5 Å². The van der Waals surface area contributed by atoms with Gasteiger partial charge in [0.05, 0.1) is 6.10 Å². The van der Waals surface area contributed by atoms with Crippen LogP contribution in [0.1, 0.15) is 35.9 Å². The molecule has 0 radical (unpaired) electrons. The van der Waals surface area contributed by atoms with E-state index in [0.717, 1.165) is 32.4 Å². The van der Waals surface area contributed by atoms with Crippen LogP contribution in [-0.4, -0.2) is 48.6 Å². The van der Waals surface area contributed by atoms with Crippen molar-refractivity contribution in [2.24, 2.45) is 0 Å². The number of anilines is 2. The molecule has 1 aromatic rings. The Bertz CT molecular complexity index is 463. The largest absolute Gasteiger partial charge is 0.382 e. The summed E-state index contributed by atoms with van der Waals surface area (Å²) in [6, 6.07) is 0. The fraction of sp³-hybridized carbons (Fsp3) is 0.692. The fourth-order valence-corrected chi connectivity index (χ4v) is 3.08. The van der Waals surface area contributed by atoms with Crippen LogP contribution in [0.3, 0.4) is 0 Å². The maximum Gasteiger partial charge on any atom is 0.267 e. The second-order valence-electron chi connectivity index (χ2n) is 4.87. The van der Waals surface area contributed by atoms with E-state index in [2.05, 4.69) is 17.2 Å². The zero-order chi connectivity index (χ0) is 14.5. The van der Waals surface area contributed by atoms with Gasteiger partial charge in [0.1, 0.15) is 10.7 Å². The molecule has 2 heterocycles. The number of aromatic nitrogens is 1. The highest BCUT2D eigenvalue weighted by molar-refractivity contribution is 7.18. The van der Waals surface area contributed by atoms with E-state index in [1.165, 1.54) is 11.3 Å². The predicted octanol–water partition coefficient (Wildman–Crippen LogP) is 1.80. The Morgan fingerprint density at radius 3 is 3.10 bits per heavy atom. The number of amides is 1. The Hall–Kier alpha value is -1.34. The van der Waals surface area contributed by atoms with Gasteiger partial charge in [0.25, 0.3) is 5.91 Å². The second kappa shape index (κ2) is 6.90. The van der Waals surface area contributed by atoms with Crippen molar-refractivity contribution in [2.45, 2.75) is 32.3 Å². The van der Waals surface area contributed by atoms with Crippen molar-refractivity contribution in [1.82, 2.24) is 9.88 Å². The monoisotopic (exact) mass is 298 g/mol. The maximum absolute atomic E-state index is 12.5. The lowest BCUT2D eigenvalue weighted by Gasteiger charge is -2.32. The van der Waals surface area contributed by atoms with Gasteiger partial charge in [0.2, 0.25) is 0 Å². The molecule has 0 bridgehead atoms. The number of likely N-dealkylation sites (tertiary alicyclic amines) is 1. The number of hydrogen-bond acceptors (Lipinski definition) is 6. The lowest BCUT2D eigenvalue weighted by atomic mass is 10.1. The molecule has 112 valence electrons. The van der Waals surface area contributed by atoms with Crippen molar-refractivity contribution in [1.29, 1.82) is 0 Å². The summed E-state index contributed by atoms with van der Waals surface area (Å²) in [6.45, 7) is 4.24. The zero-order valence-electron chi connectivity index (χ0n) is 12.0. The number of nitrogens with one attached hydrogen (secondary N) is 1. The van der Waals surface area contributed by atoms with Crippen LogP contribution in [0.25, 0.3) is 0 Å². The fourth-order valence-electron chi connectivity index (χ4n) is 2.28. The molecule has 1 fully saturated rings. The van der Waals surface area contributed by atoms with Crippen molar-refractivity contribution in [2.75, 3.05) is 37.8 Å². The number of carbonyl (C=O) groups is 1. The van der Waals surface area contributed by atoms with Crippen molar-refractivity contribution in [3.63, 3.8) is 0 Å². The third kappa shape index (κ3) is 3.40. The van der Waals surface area contributed by atoms with Crippen LogP contribution in [-0.2, 0) is 4.74 Å². The molecule has 1 aromatic heterocycles. The zero-order valence-corrected chi connectivity index (χ0v) is 12.8. The normalized spacial score (nSPS) is 19.1. The summed E-state index contributed by atoms with van der Waals surface area (Å²) < 4.78 is 5.76. The minimum absolute atomic E-state index is 0.0358. The predicted molar refractivity (Wildman–Crippen MR) is 81.2 cm³/mol. The number of rotatable bonds is 5. The molecule has 1 aliphatic heterocycles. The Kier molecular flexibility index (Phi) is 5.19. The van der Waals surface area contributed by atoms with Gasteiger partial charge in [-0.25, -0.2) is 4.98 Å². The van der Waals surface area contributed by atoms with Gasteiger partial charge in [-0.2, -0.15) is 0 Å². The third-order valence-electron chi connectivity index (χ3n) is 3.28. The lowest BCUT2D eigenvalue weighted by Crippen LogP contribution is -2.43. The first-order valence-electron chi connectivity index (χ1n) is 7.00. The quantitative estimate of drug-likeness (QED) is 0.866. The molecule has 1 atom stereocenters. The smallest absolute Gasteiger partial charge is 0.267 e. The van der Waals surface area contributed by atoms with Crippen LogP contribution in [0.5, 0.6) is 0 Å². The maximum atomic E-state index is 12.5. The molecular weight excluding hydrogens is 276 g/mol. The van der Waals surface area contributed by atoms with Crippen LogP contribution in [0.2, 0.25) is 0 Å². The van der Waals surface area contributed by atoms with E-state index >= 15 is 0 Å². The molecule has 6 nitrogen and oxygen atoms in total. The molecule has 1 unspecified atom stereocenters. The van der Waals surface area contributed by atoms with Crippen LogP contribution in [0, 0.1) is 0 Å². The summed E-state index contributed by atoms with van der Waals surface area (Å²) in [7, 11) is 1.77. The first-order chi connectivity index (χ1) is 9.65. The number of hydrogen-bond donors (Lipinski definition) is 2. The van der Waals surface area contributed by atoms with E-state index in [9.17, 15) is 4.79 Å². The van der Waals surface area contributed by atoms with Gasteiger partial charge in [0, 0.05) is 26.7 Å². The molecule has 7 heteroatoms. The van der Waals surface area contributed by atoms with Crippen LogP contribution in [0.15, 0.2) is 0 Å². The SMILES string of the molecule is CCCOC1CCCN(C(=O)c2sc(NC)nc2N)C1. The van der Waals surface area contributed by atoms with E-state index < -0.39 is 0 Å². The first-order valence-corrected chi connectivity index (χ1v) is 7.82. The van der Waals surface area contributed by atoms with Crippen LogP contribution >= 0.6 is 11.3 Å². The molecule has 20 heavy (non-hydrogen) atoms. The molecule has 0 saturated carbocycles. The number of nitrogens with two attached hydrogens (primary N) is 1. The van der Waals surface area contributed by atoms with E-state index in [4.69, 9.17) is 10.5 Å². The van der Waals surface area contributed by atoms with Crippen molar-refractivity contribution >= 4 is 28.2 Å². The average molecular weight is 298 g/mol. The highest BCUT2D eigenvalue weighted by Gasteiger charge is 2.27. The van der Waals surface area contributed by atoms with E-state index in [-0.39, 0.29) is 12.0 Å². The Morgan fingerprint density at radius 2 is 2.45 bits per heavy atom. The minimum Gasteiger partial charge on any atom is -0.382 e. The highest BCUT2D eigenvalue weighted by Crippen LogP contribution is 2.27. The lowest BCUT2D eigenvalue weighted by molar-refractivity contribution is 0.00229. The van der Waals surface area contributed by atoms with Gasteiger partial charge >= 0.3 is 0 Å². The van der Waals surface area contributed by atoms with Gasteiger partial charge in [-0.05, 0) is 19.3 Å². The number of ether oxygens (including phenoxy) is 1. The standard InChI is InChI=1S/C13H22N4O2S/c1-3-7-19-9-5-4-6-17(8-9)12(18)10-11(14)16-13(15-2)20-10/h9H,3-8,14H2,1-2H3,(H,15,16). The summed E-state index contributed by atoms with van der Waals surface area (Å²) in [4.78, 5) is 19.0. The minimum atomic E-state index is -0.0358. The van der Waals surface area contributed by atoms with Gasteiger partial charge in [-0.3, -0.25) is 4.79 Å². The molecular formula is C13H22N4O2S. The van der Waals surface area contributed by atoms with E-state index in [1.54, 1.807) is 7.05 Å². The molecule has 1 saturated heterocycles. The molecule has 2 rings (SSSR count). The number of piperidine rings is 1. The molecule has 0 aliphatic carbocycles. The molecule has 1 aliphatic rings. The molecule has 0 aromatic carbocycles. The van der Waals surface area contributed by atoms with Crippen molar-refractivity contribution in [3.8, 4) is 0 Å². The van der Waals surface area contributed by atoms with Gasteiger partial charge in [0.15, 0.2) is 5.13 Å². The van der Waals surface area contributed by atoms with Gasteiger partial charge in [-0.15, -0.1) is 0 Å². The summed E-state index contributed by atoms with van der Waals surface area (Å²) in [5.74, 6) is 0.271. The average Bonchev–Trinajstić information content (AvgIpc) is 2.86. The van der Waals surface area contributed by atoms with Crippen molar-refractivity contribution in [3.05, 3.63) is 4.88 Å². The number of nitrogen functional groups attached to an aromatic ring is 1. The highest BCUT2D eigenvalue weighted by atomic mass is 32.1. The summed E-state index contributed by atoms with van der Waals surface area (Å²) >= 11 is 1.30. The summed E-state index contributed by atoms with van der Waals surface area (Å²) in [5, 5.41) is 3.58. The van der Waals surface area contributed by atoms with Crippen molar-refractivity contribution < 1.29 is 9.53 Å². The molecule has 1 amide bonds. The summed E-state index contributed by atoms with van der Waals surface area (Å²) in [5.41, 5.74) is 5.82. The molecule has 3 N–H and O–H groups in total. The number of carbonyl (C=O) groups excluding carboxylic acids is 1. The van der Waals surface area contributed by atoms with Crippen LogP contribution in [0.4, 0.5) is 10.9 Å². The van der Waals surface area contributed by atoms with E-state index in [1.807, 2.05) is 4.90 Å². The number of nitrogens with zero attached hydrogens (tertiary/aromatic N) is 2. The molecule has 0 spiro atoms.